The van der Waals surface area contributed by atoms with Crippen molar-refractivity contribution in [2.45, 2.75) is 13.0 Å². The molecule has 0 aliphatic carbocycles. The van der Waals surface area contributed by atoms with Gasteiger partial charge in [0.25, 0.3) is 0 Å². The summed E-state index contributed by atoms with van der Waals surface area (Å²) in [4.78, 5) is 22.3. The van der Waals surface area contributed by atoms with Crippen LogP contribution in [-0.4, -0.2) is 18.5 Å². The Bertz CT molecular complexity index is 500. The highest BCUT2D eigenvalue weighted by Crippen LogP contribution is 2.25. The van der Waals surface area contributed by atoms with E-state index in [1.54, 1.807) is 0 Å². The van der Waals surface area contributed by atoms with E-state index in [1.807, 2.05) is 23.2 Å². The summed E-state index contributed by atoms with van der Waals surface area (Å²) in [6.07, 6.45) is 0.520. The molecule has 0 bridgehead atoms. The Kier molecular flexibility index (Phi) is 2.14. The first-order valence-electron chi connectivity index (χ1n) is 5.47. The van der Waals surface area contributed by atoms with Crippen LogP contribution in [0.1, 0.15) is 12.0 Å². The third-order valence-corrected chi connectivity index (χ3v) is 2.91. The van der Waals surface area contributed by atoms with Crippen LogP contribution in [0.5, 0.6) is 0 Å². The molecule has 2 aliphatic heterocycles. The molecule has 3 N–H and O–H groups in total. The number of hydrazine groups is 1. The SMILES string of the molecule is O=C1CCN(c2ccc3c(c2)CNC(=O)N3)N1. The fraction of sp³-hybridized carbons (Fsp3) is 0.273. The van der Waals surface area contributed by atoms with Crippen LogP contribution in [0.25, 0.3) is 0 Å². The molecule has 0 saturated carbocycles. The van der Waals surface area contributed by atoms with E-state index in [4.69, 9.17) is 0 Å². The van der Waals surface area contributed by atoms with Crippen LogP contribution < -0.4 is 21.1 Å². The molecule has 3 amide bonds. The molecule has 0 unspecified atom stereocenters. The lowest BCUT2D eigenvalue weighted by Gasteiger charge is -2.22. The van der Waals surface area contributed by atoms with Crippen molar-refractivity contribution < 1.29 is 9.59 Å². The van der Waals surface area contributed by atoms with Gasteiger partial charge in [-0.1, -0.05) is 0 Å². The molecular weight excluding hydrogens is 220 g/mol. The van der Waals surface area contributed by atoms with Gasteiger partial charge in [-0.15, -0.1) is 0 Å². The molecule has 6 nitrogen and oxygen atoms in total. The highest BCUT2D eigenvalue weighted by molar-refractivity contribution is 5.92. The monoisotopic (exact) mass is 232 g/mol. The zero-order valence-electron chi connectivity index (χ0n) is 9.12. The van der Waals surface area contributed by atoms with Gasteiger partial charge in [-0.05, 0) is 23.8 Å². The summed E-state index contributed by atoms with van der Waals surface area (Å²) in [6, 6.07) is 5.52. The zero-order valence-corrected chi connectivity index (χ0v) is 9.12. The van der Waals surface area contributed by atoms with Crippen molar-refractivity contribution in [1.29, 1.82) is 0 Å². The Labute approximate surface area is 97.9 Å². The van der Waals surface area contributed by atoms with Gasteiger partial charge in [0, 0.05) is 25.2 Å². The molecule has 1 aromatic carbocycles. The van der Waals surface area contributed by atoms with Crippen LogP contribution in [0.2, 0.25) is 0 Å². The predicted molar refractivity (Wildman–Crippen MR) is 62.4 cm³/mol. The Hall–Kier alpha value is -2.24. The maximum absolute atomic E-state index is 11.1. The van der Waals surface area contributed by atoms with Crippen molar-refractivity contribution in [2.75, 3.05) is 16.9 Å². The average molecular weight is 232 g/mol. The number of rotatable bonds is 1. The van der Waals surface area contributed by atoms with Gasteiger partial charge in [0.2, 0.25) is 5.91 Å². The van der Waals surface area contributed by atoms with Crippen molar-refractivity contribution in [3.63, 3.8) is 0 Å². The van der Waals surface area contributed by atoms with E-state index in [2.05, 4.69) is 16.1 Å². The highest BCUT2D eigenvalue weighted by atomic mass is 16.2. The number of anilines is 2. The normalized spacial score (nSPS) is 18.2. The summed E-state index contributed by atoms with van der Waals surface area (Å²) in [5.74, 6) is 0.0362. The fourth-order valence-corrected chi connectivity index (χ4v) is 2.03. The fourth-order valence-electron chi connectivity index (χ4n) is 2.03. The van der Waals surface area contributed by atoms with Crippen molar-refractivity contribution in [3.8, 4) is 0 Å². The lowest BCUT2D eigenvalue weighted by molar-refractivity contribution is -0.119. The first-order valence-corrected chi connectivity index (χ1v) is 5.47. The third-order valence-electron chi connectivity index (χ3n) is 2.91. The quantitative estimate of drug-likeness (QED) is 0.662. The lowest BCUT2D eigenvalue weighted by atomic mass is 10.1. The number of nitrogens with zero attached hydrogens (tertiary/aromatic N) is 1. The third kappa shape index (κ3) is 1.77. The maximum atomic E-state index is 11.1. The van der Waals surface area contributed by atoms with Gasteiger partial charge >= 0.3 is 6.03 Å². The number of carbonyl (C=O) groups is 2. The standard InChI is InChI=1S/C11H12N4O2/c16-10-3-4-15(14-10)8-1-2-9-7(5-8)6-12-11(17)13-9/h1-2,5H,3-4,6H2,(H,14,16)(H2,12,13,17). The first-order chi connectivity index (χ1) is 8.22. The van der Waals surface area contributed by atoms with Crippen LogP contribution in [0.15, 0.2) is 18.2 Å². The Balaban J connectivity index is 1.88. The summed E-state index contributed by atoms with van der Waals surface area (Å²) >= 11 is 0. The molecule has 0 spiro atoms. The van der Waals surface area contributed by atoms with Gasteiger partial charge in [0.1, 0.15) is 0 Å². The molecule has 0 radical (unpaired) electrons. The molecule has 0 aromatic heterocycles. The van der Waals surface area contributed by atoms with Crippen LogP contribution in [0, 0.1) is 0 Å². The minimum atomic E-state index is -0.181. The molecule has 88 valence electrons. The van der Waals surface area contributed by atoms with Crippen molar-refractivity contribution >= 4 is 23.3 Å². The number of urea groups is 1. The van der Waals surface area contributed by atoms with E-state index in [1.165, 1.54) is 0 Å². The number of amides is 3. The van der Waals surface area contributed by atoms with Crippen LogP contribution in [-0.2, 0) is 11.3 Å². The van der Waals surface area contributed by atoms with E-state index in [-0.39, 0.29) is 11.9 Å². The molecule has 2 heterocycles. The number of nitrogens with one attached hydrogen (secondary N) is 3. The van der Waals surface area contributed by atoms with Gasteiger partial charge in [-0.3, -0.25) is 15.2 Å². The van der Waals surface area contributed by atoms with Crippen molar-refractivity contribution in [1.82, 2.24) is 10.7 Å². The van der Waals surface area contributed by atoms with E-state index in [0.717, 1.165) is 16.9 Å². The first kappa shape index (κ1) is 9.95. The molecule has 3 rings (SSSR count). The van der Waals surface area contributed by atoms with E-state index >= 15 is 0 Å². The molecular formula is C11H12N4O2. The average Bonchev–Trinajstić information content (AvgIpc) is 2.75. The van der Waals surface area contributed by atoms with Gasteiger partial charge in [0.15, 0.2) is 0 Å². The number of fused-ring (bicyclic) bond motifs is 1. The smallest absolute Gasteiger partial charge is 0.319 e. The second kappa shape index (κ2) is 3.65. The Morgan fingerprint density at radius 1 is 1.24 bits per heavy atom. The lowest BCUT2D eigenvalue weighted by Crippen LogP contribution is -2.35. The molecule has 1 aromatic rings. The number of benzene rings is 1. The Morgan fingerprint density at radius 3 is 2.88 bits per heavy atom. The van der Waals surface area contributed by atoms with Crippen LogP contribution >= 0.6 is 0 Å². The predicted octanol–water partition coefficient (Wildman–Crippen LogP) is 0.563. The summed E-state index contributed by atoms with van der Waals surface area (Å²) < 4.78 is 0. The minimum Gasteiger partial charge on any atom is -0.334 e. The van der Waals surface area contributed by atoms with Crippen molar-refractivity contribution in [3.05, 3.63) is 23.8 Å². The number of carbonyl (C=O) groups excluding carboxylic acids is 2. The van der Waals surface area contributed by atoms with Crippen LogP contribution in [0.4, 0.5) is 16.2 Å². The molecule has 1 saturated heterocycles. The maximum Gasteiger partial charge on any atom is 0.319 e. The minimum absolute atomic E-state index is 0.0362. The zero-order chi connectivity index (χ0) is 11.8. The van der Waals surface area contributed by atoms with E-state index in [9.17, 15) is 9.59 Å². The molecule has 2 aliphatic rings. The van der Waals surface area contributed by atoms with Gasteiger partial charge in [0.05, 0.1) is 5.69 Å². The topological polar surface area (TPSA) is 73.5 Å². The largest absolute Gasteiger partial charge is 0.334 e. The second-order valence-corrected chi connectivity index (χ2v) is 4.09. The summed E-state index contributed by atoms with van der Waals surface area (Å²) in [7, 11) is 0. The summed E-state index contributed by atoms with van der Waals surface area (Å²) in [5.41, 5.74) is 5.55. The molecule has 0 atom stereocenters. The van der Waals surface area contributed by atoms with Crippen LogP contribution in [0.3, 0.4) is 0 Å². The van der Waals surface area contributed by atoms with E-state index in [0.29, 0.717) is 19.5 Å². The Morgan fingerprint density at radius 2 is 2.12 bits per heavy atom. The van der Waals surface area contributed by atoms with Gasteiger partial charge < -0.3 is 10.6 Å². The molecule has 1 fully saturated rings. The number of hydrogen-bond acceptors (Lipinski definition) is 3. The van der Waals surface area contributed by atoms with Gasteiger partial charge in [-0.25, -0.2) is 4.79 Å². The summed E-state index contributed by atoms with van der Waals surface area (Å²) in [6.45, 7) is 1.19. The summed E-state index contributed by atoms with van der Waals surface area (Å²) in [5, 5.41) is 7.26. The molecule has 17 heavy (non-hydrogen) atoms. The second-order valence-electron chi connectivity index (χ2n) is 4.09. The number of hydrogen-bond donors (Lipinski definition) is 3. The highest BCUT2D eigenvalue weighted by Gasteiger charge is 2.20. The molecule has 6 heteroatoms. The van der Waals surface area contributed by atoms with Crippen molar-refractivity contribution in [2.24, 2.45) is 0 Å². The van der Waals surface area contributed by atoms with Gasteiger partial charge in [-0.2, -0.15) is 0 Å². The van der Waals surface area contributed by atoms with E-state index < -0.39 is 0 Å².